The van der Waals surface area contributed by atoms with Crippen LogP contribution >= 0.6 is 0 Å². The lowest BCUT2D eigenvalue weighted by Gasteiger charge is -2.20. The van der Waals surface area contributed by atoms with Crippen molar-refractivity contribution in [3.8, 4) is 0 Å². The number of benzene rings is 1. The van der Waals surface area contributed by atoms with E-state index >= 15 is 0 Å². The summed E-state index contributed by atoms with van der Waals surface area (Å²) in [6.07, 6.45) is 0. The van der Waals surface area contributed by atoms with E-state index in [-0.39, 0.29) is 23.7 Å². The average Bonchev–Trinajstić information content (AvgIpc) is 2.46. The third-order valence-corrected chi connectivity index (χ3v) is 5.32. The van der Waals surface area contributed by atoms with E-state index in [1.807, 2.05) is 0 Å². The molecule has 0 amide bonds. The maximum absolute atomic E-state index is 12.4. The summed E-state index contributed by atoms with van der Waals surface area (Å²) in [5.41, 5.74) is -0.419. The Morgan fingerprint density at radius 2 is 1.87 bits per heavy atom. The summed E-state index contributed by atoms with van der Waals surface area (Å²) < 4.78 is 26.0. The van der Waals surface area contributed by atoms with E-state index in [4.69, 9.17) is 5.11 Å². The molecule has 0 saturated carbocycles. The van der Waals surface area contributed by atoms with Gasteiger partial charge in [-0.05, 0) is 12.1 Å². The Labute approximate surface area is 134 Å². The minimum Gasteiger partial charge on any atom is -0.480 e. The lowest BCUT2D eigenvalue weighted by molar-refractivity contribution is -0.384. The minimum atomic E-state index is -3.83. The number of rotatable bonds is 8. The molecule has 0 aliphatic heterocycles. The number of carboxylic acids is 1. The van der Waals surface area contributed by atoms with Crippen molar-refractivity contribution < 1.29 is 23.2 Å². The van der Waals surface area contributed by atoms with Crippen molar-refractivity contribution in [3.63, 3.8) is 0 Å². The molecule has 0 saturated heterocycles. The predicted octanol–water partition coefficient (Wildman–Crippen LogP) is 1.15. The number of hydrogen-bond donors (Lipinski definition) is 1. The fraction of sp³-hybridized carbons (Fsp3) is 0.462. The Hall–Kier alpha value is -2.20. The smallest absolute Gasteiger partial charge is 0.323 e. The Morgan fingerprint density at radius 1 is 1.30 bits per heavy atom. The van der Waals surface area contributed by atoms with Crippen molar-refractivity contribution in [1.29, 1.82) is 0 Å². The summed E-state index contributed by atoms with van der Waals surface area (Å²) in [5.74, 6) is -1.15. The SMILES string of the molecule is CCN(CC)S(=O)(=O)c1ccc(N(C)CC(=O)O)c([N+](=O)[O-])c1. The number of anilines is 1. The molecule has 0 spiro atoms. The second-order valence-electron chi connectivity index (χ2n) is 4.75. The molecule has 0 fully saturated rings. The first-order chi connectivity index (χ1) is 10.6. The molecular weight excluding hydrogens is 326 g/mol. The second kappa shape index (κ2) is 7.38. The number of nitro groups is 1. The molecule has 0 aliphatic carbocycles. The van der Waals surface area contributed by atoms with Gasteiger partial charge in [-0.2, -0.15) is 4.31 Å². The summed E-state index contributed by atoms with van der Waals surface area (Å²) >= 11 is 0. The number of sulfonamides is 1. The number of likely N-dealkylation sites (N-methyl/N-ethyl adjacent to an activating group) is 1. The van der Waals surface area contributed by atoms with Crippen LogP contribution in [0.25, 0.3) is 0 Å². The summed E-state index contributed by atoms with van der Waals surface area (Å²) in [6.45, 7) is 3.39. The number of nitrogens with zero attached hydrogens (tertiary/aromatic N) is 3. The van der Waals surface area contributed by atoms with Gasteiger partial charge in [-0.25, -0.2) is 8.42 Å². The van der Waals surface area contributed by atoms with Crippen LogP contribution in [0, 0.1) is 10.1 Å². The Morgan fingerprint density at radius 3 is 2.30 bits per heavy atom. The zero-order valence-corrected chi connectivity index (χ0v) is 13.9. The Bertz CT molecular complexity index is 700. The molecule has 23 heavy (non-hydrogen) atoms. The first kappa shape index (κ1) is 18.8. The van der Waals surface area contributed by atoms with E-state index in [1.165, 1.54) is 28.4 Å². The van der Waals surface area contributed by atoms with Gasteiger partial charge >= 0.3 is 5.97 Å². The first-order valence-electron chi connectivity index (χ1n) is 6.86. The van der Waals surface area contributed by atoms with Crippen molar-refractivity contribution >= 4 is 27.4 Å². The highest BCUT2D eigenvalue weighted by Gasteiger charge is 2.27. The number of nitro benzene ring substituents is 1. The largest absolute Gasteiger partial charge is 0.480 e. The van der Waals surface area contributed by atoms with Crippen LogP contribution in [0.2, 0.25) is 0 Å². The van der Waals surface area contributed by atoms with Crippen molar-refractivity contribution in [2.45, 2.75) is 18.7 Å². The Kier molecular flexibility index (Phi) is 6.05. The molecule has 128 valence electrons. The Balaban J connectivity index is 3.39. The lowest BCUT2D eigenvalue weighted by atomic mass is 10.2. The molecule has 0 aromatic heterocycles. The minimum absolute atomic E-state index is 0.0379. The van der Waals surface area contributed by atoms with E-state index in [1.54, 1.807) is 13.8 Å². The van der Waals surface area contributed by atoms with Crippen LogP contribution < -0.4 is 4.90 Å². The van der Waals surface area contributed by atoms with Gasteiger partial charge in [-0.15, -0.1) is 0 Å². The molecule has 0 heterocycles. The summed E-state index contributed by atoms with van der Waals surface area (Å²) in [4.78, 5) is 22.2. The van der Waals surface area contributed by atoms with E-state index in [0.29, 0.717) is 0 Å². The van der Waals surface area contributed by atoms with Crippen molar-refractivity contribution in [2.75, 3.05) is 31.6 Å². The van der Waals surface area contributed by atoms with E-state index < -0.39 is 33.1 Å². The van der Waals surface area contributed by atoms with Crippen LogP contribution in [0.1, 0.15) is 13.8 Å². The molecule has 10 heteroatoms. The zero-order chi connectivity index (χ0) is 17.8. The maximum Gasteiger partial charge on any atom is 0.323 e. The third-order valence-electron chi connectivity index (χ3n) is 3.27. The van der Waals surface area contributed by atoms with Crippen LogP contribution in [-0.2, 0) is 14.8 Å². The van der Waals surface area contributed by atoms with Gasteiger partial charge in [0.1, 0.15) is 12.2 Å². The van der Waals surface area contributed by atoms with Crippen LogP contribution in [0.3, 0.4) is 0 Å². The van der Waals surface area contributed by atoms with Crippen molar-refractivity contribution in [1.82, 2.24) is 4.31 Å². The van der Waals surface area contributed by atoms with Gasteiger partial charge in [0.2, 0.25) is 10.0 Å². The van der Waals surface area contributed by atoms with Gasteiger partial charge in [0.25, 0.3) is 5.69 Å². The summed E-state index contributed by atoms with van der Waals surface area (Å²) in [6, 6.07) is 3.45. The normalized spacial score (nSPS) is 11.5. The first-order valence-corrected chi connectivity index (χ1v) is 8.30. The van der Waals surface area contributed by atoms with Gasteiger partial charge in [-0.3, -0.25) is 14.9 Å². The van der Waals surface area contributed by atoms with Crippen LogP contribution in [0.5, 0.6) is 0 Å². The van der Waals surface area contributed by atoms with Crippen molar-refractivity contribution in [2.24, 2.45) is 0 Å². The van der Waals surface area contributed by atoms with Crippen molar-refractivity contribution in [3.05, 3.63) is 28.3 Å². The zero-order valence-electron chi connectivity index (χ0n) is 13.1. The summed E-state index contributed by atoms with van der Waals surface area (Å²) in [5, 5.41) is 20.0. The molecule has 1 aromatic rings. The van der Waals surface area contributed by atoms with E-state index in [2.05, 4.69) is 0 Å². The highest BCUT2D eigenvalue weighted by molar-refractivity contribution is 7.89. The van der Waals surface area contributed by atoms with Gasteiger partial charge in [0.15, 0.2) is 0 Å². The molecule has 1 aromatic carbocycles. The topological polar surface area (TPSA) is 121 Å². The molecule has 1 rings (SSSR count). The number of hydrogen-bond acceptors (Lipinski definition) is 6. The highest BCUT2D eigenvalue weighted by Crippen LogP contribution is 2.31. The molecule has 0 bridgehead atoms. The molecule has 0 atom stereocenters. The third kappa shape index (κ3) is 4.17. The molecular formula is C13H19N3O6S. The fourth-order valence-corrected chi connectivity index (χ4v) is 3.61. The van der Waals surface area contributed by atoms with Crippen LogP contribution in [0.4, 0.5) is 11.4 Å². The van der Waals surface area contributed by atoms with Gasteiger partial charge < -0.3 is 10.0 Å². The lowest BCUT2D eigenvalue weighted by Crippen LogP contribution is -2.31. The molecule has 0 aliphatic rings. The maximum atomic E-state index is 12.4. The van der Waals surface area contributed by atoms with Crippen LogP contribution in [0.15, 0.2) is 23.1 Å². The van der Waals surface area contributed by atoms with Gasteiger partial charge in [0, 0.05) is 26.2 Å². The fourth-order valence-electron chi connectivity index (χ4n) is 2.13. The highest BCUT2D eigenvalue weighted by atomic mass is 32.2. The predicted molar refractivity (Wildman–Crippen MR) is 84.1 cm³/mol. The molecule has 9 nitrogen and oxygen atoms in total. The van der Waals surface area contributed by atoms with E-state index in [0.717, 1.165) is 6.07 Å². The monoisotopic (exact) mass is 345 g/mol. The van der Waals surface area contributed by atoms with Gasteiger partial charge in [-0.1, -0.05) is 13.8 Å². The molecule has 1 N–H and O–H groups in total. The summed E-state index contributed by atoms with van der Waals surface area (Å²) in [7, 11) is -2.44. The molecule has 0 unspecified atom stereocenters. The second-order valence-corrected chi connectivity index (χ2v) is 6.68. The van der Waals surface area contributed by atoms with Gasteiger partial charge in [0.05, 0.1) is 9.82 Å². The van der Waals surface area contributed by atoms with E-state index in [9.17, 15) is 23.3 Å². The number of carbonyl (C=O) groups is 1. The van der Waals surface area contributed by atoms with Crippen LogP contribution in [-0.4, -0.2) is 55.4 Å². The number of carboxylic acid groups (broad SMARTS) is 1. The quantitative estimate of drug-likeness (QED) is 0.554. The molecule has 0 radical (unpaired) electrons. The average molecular weight is 345 g/mol. The number of aliphatic carboxylic acids is 1. The standard InChI is InChI=1S/C13H19N3O6S/c1-4-15(5-2)23(21,22)10-6-7-11(12(8-10)16(19)20)14(3)9-13(17)18/h6-8H,4-5,9H2,1-3H3,(H,17,18).